The molecule has 1 saturated heterocycles. The van der Waals surface area contributed by atoms with Crippen molar-refractivity contribution in [2.75, 3.05) is 32.7 Å². The molecule has 1 heterocycles. The smallest absolute Gasteiger partial charge is 0.243 e. The first-order chi connectivity index (χ1) is 10.1. The van der Waals surface area contributed by atoms with Crippen LogP contribution in [0.15, 0.2) is 29.2 Å². The summed E-state index contributed by atoms with van der Waals surface area (Å²) in [6, 6.07) is 6.70. The van der Waals surface area contributed by atoms with E-state index in [-0.39, 0.29) is 11.5 Å². The van der Waals surface area contributed by atoms with Crippen molar-refractivity contribution in [2.24, 2.45) is 5.92 Å². The molecule has 6 heteroatoms. The highest BCUT2D eigenvalue weighted by molar-refractivity contribution is 7.89. The predicted molar refractivity (Wildman–Crippen MR) is 80.3 cm³/mol. The number of piperazine rings is 1. The van der Waals surface area contributed by atoms with Crippen LogP contribution in [0.1, 0.15) is 18.4 Å². The molecule has 1 N–H and O–H groups in total. The maximum atomic E-state index is 12.7. The van der Waals surface area contributed by atoms with Gasteiger partial charge in [-0.1, -0.05) is 18.2 Å². The molecule has 3 rings (SSSR count). The second-order valence-electron chi connectivity index (χ2n) is 5.91. The zero-order chi connectivity index (χ0) is 14.9. The molecule has 1 aromatic rings. The number of hydrogen-bond acceptors (Lipinski definition) is 4. The van der Waals surface area contributed by atoms with E-state index in [1.807, 2.05) is 0 Å². The molecule has 1 aliphatic heterocycles. The molecule has 0 spiro atoms. The van der Waals surface area contributed by atoms with Crippen molar-refractivity contribution in [1.29, 1.82) is 0 Å². The molecule has 1 aromatic carbocycles. The number of aliphatic hydroxyl groups is 1. The number of rotatable bonds is 5. The molecule has 5 nitrogen and oxygen atoms in total. The average Bonchev–Trinajstić information content (AvgIpc) is 3.32. The minimum atomic E-state index is -3.49. The fourth-order valence-electron chi connectivity index (χ4n) is 2.84. The molecule has 0 bridgehead atoms. The van der Waals surface area contributed by atoms with E-state index in [1.54, 1.807) is 28.6 Å². The Morgan fingerprint density at radius 3 is 2.38 bits per heavy atom. The summed E-state index contributed by atoms with van der Waals surface area (Å²) in [5, 5.41) is 9.34. The van der Waals surface area contributed by atoms with Crippen LogP contribution in [0.4, 0.5) is 0 Å². The van der Waals surface area contributed by atoms with Gasteiger partial charge in [-0.2, -0.15) is 4.31 Å². The summed E-state index contributed by atoms with van der Waals surface area (Å²) in [7, 11) is -3.49. The summed E-state index contributed by atoms with van der Waals surface area (Å²) in [4.78, 5) is 2.60. The number of nitrogens with zero attached hydrogens (tertiary/aromatic N) is 2. The van der Waals surface area contributed by atoms with Gasteiger partial charge in [0.05, 0.1) is 11.5 Å². The van der Waals surface area contributed by atoms with Gasteiger partial charge in [0.1, 0.15) is 0 Å². The van der Waals surface area contributed by atoms with Gasteiger partial charge in [0.2, 0.25) is 10.0 Å². The van der Waals surface area contributed by atoms with Crippen molar-refractivity contribution in [1.82, 2.24) is 9.21 Å². The van der Waals surface area contributed by atoms with E-state index in [9.17, 15) is 13.5 Å². The van der Waals surface area contributed by atoms with Crippen LogP contribution in [0, 0.1) is 5.92 Å². The van der Waals surface area contributed by atoms with Crippen LogP contribution in [-0.4, -0.2) is 55.5 Å². The Labute approximate surface area is 126 Å². The Morgan fingerprint density at radius 2 is 1.76 bits per heavy atom. The zero-order valence-electron chi connectivity index (χ0n) is 12.1. The number of sulfonamides is 1. The quantitative estimate of drug-likeness (QED) is 0.877. The standard InChI is InChI=1S/C15H22N2O3S/c18-12-14-3-1-2-4-15(14)21(19,20)17-9-7-16(8-10-17)11-13-5-6-13/h1-4,13,18H,5-12H2. The summed E-state index contributed by atoms with van der Waals surface area (Å²) >= 11 is 0. The van der Waals surface area contributed by atoms with Gasteiger partial charge in [-0.25, -0.2) is 8.42 Å². The third kappa shape index (κ3) is 3.29. The van der Waals surface area contributed by atoms with Crippen LogP contribution < -0.4 is 0 Å². The van der Waals surface area contributed by atoms with E-state index in [2.05, 4.69) is 4.90 Å². The van der Waals surface area contributed by atoms with Gasteiger partial charge in [-0.15, -0.1) is 0 Å². The molecule has 0 radical (unpaired) electrons. The van der Waals surface area contributed by atoms with E-state index in [0.717, 1.165) is 25.6 Å². The first kappa shape index (κ1) is 15.0. The lowest BCUT2D eigenvalue weighted by Crippen LogP contribution is -2.49. The van der Waals surface area contributed by atoms with Crippen molar-refractivity contribution in [2.45, 2.75) is 24.3 Å². The molecule has 116 valence electrons. The van der Waals surface area contributed by atoms with Crippen LogP contribution >= 0.6 is 0 Å². The zero-order valence-corrected chi connectivity index (χ0v) is 12.9. The second kappa shape index (κ2) is 6.04. The van der Waals surface area contributed by atoms with Gasteiger partial charge in [0.25, 0.3) is 0 Å². The highest BCUT2D eigenvalue weighted by Crippen LogP contribution is 2.30. The van der Waals surface area contributed by atoms with Crippen molar-refractivity contribution < 1.29 is 13.5 Å². The van der Waals surface area contributed by atoms with Crippen molar-refractivity contribution in [3.05, 3.63) is 29.8 Å². The predicted octanol–water partition coefficient (Wildman–Crippen LogP) is 0.895. The lowest BCUT2D eigenvalue weighted by Gasteiger charge is -2.34. The summed E-state index contributed by atoms with van der Waals surface area (Å²) in [5.74, 6) is 0.836. The SMILES string of the molecule is O=S(=O)(c1ccccc1CO)N1CCN(CC2CC2)CC1. The fraction of sp³-hybridized carbons (Fsp3) is 0.600. The van der Waals surface area contributed by atoms with Crippen LogP contribution in [0.5, 0.6) is 0 Å². The minimum Gasteiger partial charge on any atom is -0.392 e. The molecule has 2 aliphatic rings. The molecule has 1 saturated carbocycles. The highest BCUT2D eigenvalue weighted by Gasteiger charge is 2.32. The van der Waals surface area contributed by atoms with Crippen LogP contribution in [0.3, 0.4) is 0 Å². The first-order valence-corrected chi connectivity index (χ1v) is 8.96. The summed E-state index contributed by atoms with van der Waals surface area (Å²) < 4.78 is 27.0. The van der Waals surface area contributed by atoms with Crippen LogP contribution in [0.25, 0.3) is 0 Å². The van der Waals surface area contributed by atoms with Crippen molar-refractivity contribution >= 4 is 10.0 Å². The number of benzene rings is 1. The van der Waals surface area contributed by atoms with Crippen LogP contribution in [-0.2, 0) is 16.6 Å². The summed E-state index contributed by atoms with van der Waals surface area (Å²) in [5.41, 5.74) is 0.470. The Morgan fingerprint density at radius 1 is 1.10 bits per heavy atom. The van der Waals surface area contributed by atoms with E-state index < -0.39 is 10.0 Å². The lowest BCUT2D eigenvalue weighted by molar-refractivity contribution is 0.182. The van der Waals surface area contributed by atoms with E-state index in [4.69, 9.17) is 0 Å². The molecule has 0 aromatic heterocycles. The highest BCUT2D eigenvalue weighted by atomic mass is 32.2. The fourth-order valence-corrected chi connectivity index (χ4v) is 4.48. The van der Waals surface area contributed by atoms with Crippen LogP contribution in [0.2, 0.25) is 0 Å². The molecular weight excluding hydrogens is 288 g/mol. The molecule has 1 aliphatic carbocycles. The van der Waals surface area contributed by atoms with Gasteiger partial charge in [0, 0.05) is 32.7 Å². The lowest BCUT2D eigenvalue weighted by atomic mass is 10.2. The summed E-state index contributed by atoms with van der Waals surface area (Å²) in [6.45, 7) is 3.54. The minimum absolute atomic E-state index is 0.239. The van der Waals surface area contributed by atoms with Gasteiger partial charge in [0.15, 0.2) is 0 Å². The normalized spacial score (nSPS) is 21.6. The number of aliphatic hydroxyl groups excluding tert-OH is 1. The van der Waals surface area contributed by atoms with Gasteiger partial charge < -0.3 is 10.0 Å². The molecule has 2 fully saturated rings. The average molecular weight is 310 g/mol. The Kier molecular flexibility index (Phi) is 4.31. The maximum Gasteiger partial charge on any atom is 0.243 e. The maximum absolute atomic E-state index is 12.7. The third-order valence-electron chi connectivity index (χ3n) is 4.31. The molecule has 0 amide bonds. The number of hydrogen-bond donors (Lipinski definition) is 1. The monoisotopic (exact) mass is 310 g/mol. The second-order valence-corrected chi connectivity index (χ2v) is 7.82. The third-order valence-corrected chi connectivity index (χ3v) is 6.30. The van der Waals surface area contributed by atoms with Gasteiger partial charge in [-0.05, 0) is 30.4 Å². The Balaban J connectivity index is 1.70. The van der Waals surface area contributed by atoms with E-state index in [0.29, 0.717) is 18.7 Å². The Bertz CT molecular complexity index is 591. The van der Waals surface area contributed by atoms with Gasteiger partial charge in [-0.3, -0.25) is 0 Å². The molecule has 0 unspecified atom stereocenters. The first-order valence-electron chi connectivity index (χ1n) is 7.52. The van der Waals surface area contributed by atoms with Crippen molar-refractivity contribution in [3.8, 4) is 0 Å². The topological polar surface area (TPSA) is 60.9 Å². The van der Waals surface area contributed by atoms with E-state index in [1.165, 1.54) is 12.8 Å². The Hall–Kier alpha value is -0.950. The molecular formula is C15H22N2O3S. The summed E-state index contributed by atoms with van der Waals surface area (Å²) in [6.07, 6.45) is 2.64. The molecule has 0 atom stereocenters. The largest absolute Gasteiger partial charge is 0.392 e. The molecule has 21 heavy (non-hydrogen) atoms. The van der Waals surface area contributed by atoms with Crippen molar-refractivity contribution in [3.63, 3.8) is 0 Å². The van der Waals surface area contributed by atoms with E-state index >= 15 is 0 Å². The van der Waals surface area contributed by atoms with Gasteiger partial charge >= 0.3 is 0 Å².